The molecule has 3 nitrogen and oxygen atoms in total. The minimum absolute atomic E-state index is 0.554. The molecule has 0 aliphatic heterocycles. The quantitative estimate of drug-likeness (QED) is 0.662. The lowest BCUT2D eigenvalue weighted by Gasteiger charge is -2.00. The van der Waals surface area contributed by atoms with E-state index >= 15 is 0 Å². The lowest BCUT2D eigenvalue weighted by Crippen LogP contribution is -1.90. The molecule has 2 rings (SSSR count). The van der Waals surface area contributed by atoms with Gasteiger partial charge in [0.15, 0.2) is 0 Å². The highest BCUT2D eigenvalue weighted by Gasteiger charge is 1.98. The van der Waals surface area contributed by atoms with Gasteiger partial charge in [0.05, 0.1) is 24.3 Å². The maximum absolute atomic E-state index is 4.99. The van der Waals surface area contributed by atoms with Crippen molar-refractivity contribution in [3.63, 3.8) is 0 Å². The molecule has 0 radical (unpaired) electrons. The maximum Gasteiger partial charge on any atom is 0.232 e. The molecule has 2 aromatic rings. The summed E-state index contributed by atoms with van der Waals surface area (Å²) in [7, 11) is 1.59. The van der Waals surface area contributed by atoms with Gasteiger partial charge in [0.2, 0.25) is 5.88 Å². The highest BCUT2D eigenvalue weighted by Crippen LogP contribution is 2.14. The van der Waals surface area contributed by atoms with Crippen molar-refractivity contribution in [3.05, 3.63) is 30.0 Å². The third-order valence-corrected chi connectivity index (χ3v) is 1.88. The number of methoxy groups -OCH3 is 1. The van der Waals surface area contributed by atoms with Crippen LogP contribution in [0.2, 0.25) is 0 Å². The van der Waals surface area contributed by atoms with Crippen LogP contribution in [0.4, 0.5) is 0 Å². The molecule has 0 aliphatic carbocycles. The van der Waals surface area contributed by atoms with E-state index in [1.165, 1.54) is 5.56 Å². The van der Waals surface area contributed by atoms with E-state index in [4.69, 9.17) is 4.74 Å². The second-order valence-electron chi connectivity index (χ2n) is 2.90. The van der Waals surface area contributed by atoms with Gasteiger partial charge < -0.3 is 4.74 Å². The molecule has 3 heteroatoms. The molecule has 0 fully saturated rings. The molecule has 0 spiro atoms. The molecule has 0 atom stereocenters. The van der Waals surface area contributed by atoms with Crippen LogP contribution in [0.1, 0.15) is 5.56 Å². The third-order valence-electron chi connectivity index (χ3n) is 1.88. The minimum atomic E-state index is 0.554. The number of ether oxygens (including phenoxy) is 1. The zero-order chi connectivity index (χ0) is 9.26. The van der Waals surface area contributed by atoms with Crippen molar-refractivity contribution in [2.75, 3.05) is 7.11 Å². The summed E-state index contributed by atoms with van der Waals surface area (Å²) in [5.74, 6) is 0.554. The molecule has 1 aromatic carbocycles. The first-order chi connectivity index (χ1) is 6.29. The summed E-state index contributed by atoms with van der Waals surface area (Å²) in [5.41, 5.74) is 2.95. The third kappa shape index (κ3) is 1.45. The Morgan fingerprint density at radius 2 is 2.08 bits per heavy atom. The van der Waals surface area contributed by atoms with Crippen LogP contribution in [0.3, 0.4) is 0 Å². The predicted octanol–water partition coefficient (Wildman–Crippen LogP) is 1.95. The van der Waals surface area contributed by atoms with Gasteiger partial charge in [0, 0.05) is 0 Å². The van der Waals surface area contributed by atoms with Gasteiger partial charge in [-0.15, -0.1) is 0 Å². The first-order valence-corrected chi connectivity index (χ1v) is 4.07. The number of benzene rings is 1. The minimum Gasteiger partial charge on any atom is -0.480 e. The fourth-order valence-corrected chi connectivity index (χ4v) is 1.20. The van der Waals surface area contributed by atoms with E-state index in [0.29, 0.717) is 5.88 Å². The van der Waals surface area contributed by atoms with Gasteiger partial charge in [-0.1, -0.05) is 6.07 Å². The van der Waals surface area contributed by atoms with Crippen molar-refractivity contribution in [2.24, 2.45) is 0 Å². The van der Waals surface area contributed by atoms with Crippen LogP contribution in [0, 0.1) is 6.92 Å². The Bertz CT molecular complexity index is 440. The summed E-state index contributed by atoms with van der Waals surface area (Å²) >= 11 is 0. The molecule has 0 amide bonds. The molecule has 0 unspecified atom stereocenters. The normalized spacial score (nSPS) is 10.3. The molecule has 66 valence electrons. The summed E-state index contributed by atoms with van der Waals surface area (Å²) < 4.78 is 4.99. The van der Waals surface area contributed by atoms with Crippen molar-refractivity contribution in [2.45, 2.75) is 6.92 Å². The monoisotopic (exact) mass is 174 g/mol. The largest absolute Gasteiger partial charge is 0.480 e. The van der Waals surface area contributed by atoms with Gasteiger partial charge in [-0.2, -0.15) is 0 Å². The number of hydrogen-bond donors (Lipinski definition) is 0. The van der Waals surface area contributed by atoms with E-state index in [9.17, 15) is 0 Å². The van der Waals surface area contributed by atoms with E-state index in [2.05, 4.69) is 9.97 Å². The molecule has 13 heavy (non-hydrogen) atoms. The summed E-state index contributed by atoms with van der Waals surface area (Å²) in [6, 6.07) is 5.96. The Morgan fingerprint density at radius 1 is 1.23 bits per heavy atom. The number of nitrogens with zero attached hydrogens (tertiary/aromatic N) is 2. The standard InChI is InChI=1S/C10H10N2O/c1-7-3-4-8-9(5-7)12-10(13-2)6-11-8/h3-6H,1-2H3. The Labute approximate surface area is 76.4 Å². The molecule has 0 saturated carbocycles. The topological polar surface area (TPSA) is 35.0 Å². The Balaban J connectivity index is 2.68. The second-order valence-corrected chi connectivity index (χ2v) is 2.90. The van der Waals surface area contributed by atoms with Crippen LogP contribution in [0.5, 0.6) is 5.88 Å². The Morgan fingerprint density at radius 3 is 2.85 bits per heavy atom. The fourth-order valence-electron chi connectivity index (χ4n) is 1.20. The van der Waals surface area contributed by atoms with Gasteiger partial charge in [-0.25, -0.2) is 9.97 Å². The van der Waals surface area contributed by atoms with Crippen LogP contribution in [0.25, 0.3) is 11.0 Å². The van der Waals surface area contributed by atoms with E-state index in [-0.39, 0.29) is 0 Å². The average Bonchev–Trinajstić information content (AvgIpc) is 2.16. The molecule has 0 aliphatic rings. The van der Waals surface area contributed by atoms with Gasteiger partial charge >= 0.3 is 0 Å². The fraction of sp³-hybridized carbons (Fsp3) is 0.200. The summed E-state index contributed by atoms with van der Waals surface area (Å²) in [4.78, 5) is 8.48. The molecular weight excluding hydrogens is 164 g/mol. The van der Waals surface area contributed by atoms with Gasteiger partial charge in [-0.05, 0) is 24.6 Å². The van der Waals surface area contributed by atoms with Crippen LogP contribution in [-0.2, 0) is 0 Å². The van der Waals surface area contributed by atoms with Crippen molar-refractivity contribution in [3.8, 4) is 5.88 Å². The van der Waals surface area contributed by atoms with Gasteiger partial charge in [0.25, 0.3) is 0 Å². The van der Waals surface area contributed by atoms with E-state index in [1.54, 1.807) is 13.3 Å². The molecule has 0 N–H and O–H groups in total. The zero-order valence-corrected chi connectivity index (χ0v) is 7.61. The Kier molecular flexibility index (Phi) is 1.85. The zero-order valence-electron chi connectivity index (χ0n) is 7.61. The maximum atomic E-state index is 4.99. The number of aromatic nitrogens is 2. The molecule has 1 aromatic heterocycles. The number of hydrogen-bond acceptors (Lipinski definition) is 3. The van der Waals surface area contributed by atoms with Crippen molar-refractivity contribution < 1.29 is 4.74 Å². The summed E-state index contributed by atoms with van der Waals surface area (Å²) in [6.45, 7) is 2.03. The van der Waals surface area contributed by atoms with Crippen molar-refractivity contribution in [1.29, 1.82) is 0 Å². The summed E-state index contributed by atoms with van der Waals surface area (Å²) in [6.07, 6.45) is 1.62. The predicted molar refractivity (Wildman–Crippen MR) is 50.8 cm³/mol. The van der Waals surface area contributed by atoms with Gasteiger partial charge in [0.1, 0.15) is 0 Å². The highest BCUT2D eigenvalue weighted by molar-refractivity contribution is 5.75. The lowest BCUT2D eigenvalue weighted by molar-refractivity contribution is 0.397. The van der Waals surface area contributed by atoms with Crippen molar-refractivity contribution in [1.82, 2.24) is 9.97 Å². The molecule has 1 heterocycles. The van der Waals surface area contributed by atoms with E-state index < -0.39 is 0 Å². The average molecular weight is 174 g/mol. The SMILES string of the molecule is COc1cnc2ccc(C)cc2n1. The van der Waals surface area contributed by atoms with E-state index in [1.807, 2.05) is 25.1 Å². The van der Waals surface area contributed by atoms with Crippen LogP contribution < -0.4 is 4.74 Å². The smallest absolute Gasteiger partial charge is 0.232 e. The Hall–Kier alpha value is -1.64. The van der Waals surface area contributed by atoms with Crippen LogP contribution in [0.15, 0.2) is 24.4 Å². The molecule has 0 saturated heterocycles. The van der Waals surface area contributed by atoms with E-state index in [0.717, 1.165) is 11.0 Å². The number of aryl methyl sites for hydroxylation is 1. The van der Waals surface area contributed by atoms with Crippen LogP contribution in [-0.4, -0.2) is 17.1 Å². The van der Waals surface area contributed by atoms with Crippen LogP contribution >= 0.6 is 0 Å². The summed E-state index contributed by atoms with van der Waals surface area (Å²) in [5, 5.41) is 0. The number of fused-ring (bicyclic) bond motifs is 1. The van der Waals surface area contributed by atoms with Gasteiger partial charge in [-0.3, -0.25) is 0 Å². The highest BCUT2D eigenvalue weighted by atomic mass is 16.5. The lowest BCUT2D eigenvalue weighted by atomic mass is 10.2. The first kappa shape index (κ1) is 7.98. The second kappa shape index (κ2) is 3.01. The number of rotatable bonds is 1. The molecular formula is C10H10N2O. The first-order valence-electron chi connectivity index (χ1n) is 4.07. The molecule has 0 bridgehead atoms. The van der Waals surface area contributed by atoms with Crippen molar-refractivity contribution >= 4 is 11.0 Å².